The molecule has 1 heterocycles. The van der Waals surface area contributed by atoms with Crippen molar-refractivity contribution in [2.45, 2.75) is 50.8 Å². The molecule has 0 radical (unpaired) electrons. The smallest absolute Gasteiger partial charge is 0.173 e. The van der Waals surface area contributed by atoms with Crippen molar-refractivity contribution in [2.24, 2.45) is 5.41 Å². The van der Waals surface area contributed by atoms with E-state index < -0.39 is 9.84 Å². The minimum absolute atomic E-state index is 0.0000477. The van der Waals surface area contributed by atoms with Gasteiger partial charge in [0.1, 0.15) is 0 Å². The van der Waals surface area contributed by atoms with Gasteiger partial charge < -0.3 is 10.1 Å². The fourth-order valence-corrected chi connectivity index (χ4v) is 4.86. The molecule has 0 aromatic rings. The molecule has 0 amide bonds. The molecule has 0 aromatic carbocycles. The molecule has 2 saturated carbocycles. The van der Waals surface area contributed by atoms with Gasteiger partial charge in [-0.2, -0.15) is 0 Å². The number of nitrogens with one attached hydrogen (secondary N) is 1. The standard InChI is InChI=1S/C13H21NO3S/c1-2-17-12-8-11(13(12)5-3-6-13)14-10-4-7-18(15,16)9-10/h4,7,10-12,14H,2-3,5-6,8-9H2,1H3. The highest BCUT2D eigenvalue weighted by atomic mass is 32.2. The van der Waals surface area contributed by atoms with Gasteiger partial charge in [-0.15, -0.1) is 0 Å². The van der Waals surface area contributed by atoms with E-state index in [0.29, 0.717) is 17.6 Å². The van der Waals surface area contributed by atoms with E-state index in [0.717, 1.165) is 13.0 Å². The molecular weight excluding hydrogens is 250 g/mol. The maximum absolute atomic E-state index is 11.4. The van der Waals surface area contributed by atoms with Crippen LogP contribution >= 0.6 is 0 Å². The van der Waals surface area contributed by atoms with E-state index in [1.54, 1.807) is 6.08 Å². The summed E-state index contributed by atoms with van der Waals surface area (Å²) in [6.45, 7) is 2.82. The first-order chi connectivity index (χ1) is 8.56. The lowest BCUT2D eigenvalue weighted by atomic mass is 9.51. The Morgan fingerprint density at radius 1 is 1.44 bits per heavy atom. The summed E-state index contributed by atoms with van der Waals surface area (Å²) in [6, 6.07) is 0.436. The first-order valence-electron chi connectivity index (χ1n) is 6.84. The van der Waals surface area contributed by atoms with Gasteiger partial charge >= 0.3 is 0 Å². The fraction of sp³-hybridized carbons (Fsp3) is 0.846. The Hall–Kier alpha value is -0.390. The molecule has 3 aliphatic rings. The molecule has 102 valence electrons. The maximum Gasteiger partial charge on any atom is 0.173 e. The minimum Gasteiger partial charge on any atom is -0.378 e. The Kier molecular flexibility index (Phi) is 3.03. The van der Waals surface area contributed by atoms with E-state index >= 15 is 0 Å². The van der Waals surface area contributed by atoms with E-state index in [4.69, 9.17) is 4.74 Å². The van der Waals surface area contributed by atoms with Crippen LogP contribution in [0, 0.1) is 5.41 Å². The number of hydrogen-bond acceptors (Lipinski definition) is 4. The highest BCUT2D eigenvalue weighted by Crippen LogP contribution is 2.57. The second-order valence-electron chi connectivity index (χ2n) is 5.75. The zero-order valence-corrected chi connectivity index (χ0v) is 11.6. The van der Waals surface area contributed by atoms with Crippen molar-refractivity contribution in [1.29, 1.82) is 0 Å². The molecule has 0 bridgehead atoms. The van der Waals surface area contributed by atoms with Crippen LogP contribution in [0.25, 0.3) is 0 Å². The molecule has 2 aliphatic carbocycles. The number of hydrogen-bond donors (Lipinski definition) is 1. The zero-order chi connectivity index (χ0) is 12.8. The van der Waals surface area contributed by atoms with Gasteiger partial charge in [-0.3, -0.25) is 0 Å². The lowest BCUT2D eigenvalue weighted by molar-refractivity contribution is -0.173. The normalized spacial score (nSPS) is 39.5. The van der Waals surface area contributed by atoms with Crippen LogP contribution in [0.3, 0.4) is 0 Å². The van der Waals surface area contributed by atoms with Gasteiger partial charge in [-0.05, 0) is 26.2 Å². The average Bonchev–Trinajstić information content (AvgIpc) is 2.54. The lowest BCUT2D eigenvalue weighted by Crippen LogP contribution is -2.68. The summed E-state index contributed by atoms with van der Waals surface area (Å²) in [6.07, 6.45) is 6.92. The predicted octanol–water partition coefficient (Wildman–Crippen LogP) is 1.23. The van der Waals surface area contributed by atoms with E-state index in [2.05, 4.69) is 5.32 Å². The van der Waals surface area contributed by atoms with Crippen LogP contribution in [0.2, 0.25) is 0 Å². The Balaban J connectivity index is 1.60. The highest BCUT2D eigenvalue weighted by molar-refractivity contribution is 7.94. The molecule has 1 N–H and O–H groups in total. The van der Waals surface area contributed by atoms with Gasteiger partial charge in [0, 0.05) is 29.5 Å². The van der Waals surface area contributed by atoms with Gasteiger partial charge in [0.25, 0.3) is 0 Å². The summed E-state index contributed by atoms with van der Waals surface area (Å²) in [4.78, 5) is 0. The summed E-state index contributed by atoms with van der Waals surface area (Å²) in [5.74, 6) is 0.221. The van der Waals surface area contributed by atoms with Crippen LogP contribution in [0.5, 0.6) is 0 Å². The van der Waals surface area contributed by atoms with Gasteiger partial charge in [0.05, 0.1) is 11.9 Å². The summed E-state index contributed by atoms with van der Waals surface area (Å²) >= 11 is 0. The Morgan fingerprint density at radius 2 is 2.22 bits per heavy atom. The molecule has 2 fully saturated rings. The van der Waals surface area contributed by atoms with E-state index in [9.17, 15) is 8.42 Å². The summed E-state index contributed by atoms with van der Waals surface area (Å²) in [7, 11) is -2.95. The minimum atomic E-state index is -2.95. The van der Waals surface area contributed by atoms with Crippen molar-refractivity contribution in [3.63, 3.8) is 0 Å². The number of rotatable bonds is 4. The predicted molar refractivity (Wildman–Crippen MR) is 70.0 cm³/mol. The van der Waals surface area contributed by atoms with Crippen molar-refractivity contribution in [2.75, 3.05) is 12.4 Å². The zero-order valence-electron chi connectivity index (χ0n) is 10.8. The molecule has 5 heteroatoms. The molecular formula is C13H21NO3S. The van der Waals surface area contributed by atoms with Gasteiger partial charge in [-0.1, -0.05) is 12.5 Å². The monoisotopic (exact) mass is 271 g/mol. The SMILES string of the molecule is CCOC1CC(NC2C=CS(=O)(=O)C2)C12CCC2. The van der Waals surface area contributed by atoms with Crippen LogP contribution < -0.4 is 5.32 Å². The molecule has 0 aromatic heterocycles. The Morgan fingerprint density at radius 3 is 2.72 bits per heavy atom. The fourth-order valence-electron chi connectivity index (χ4n) is 3.61. The van der Waals surface area contributed by atoms with Crippen molar-refractivity contribution < 1.29 is 13.2 Å². The second kappa shape index (κ2) is 4.32. The van der Waals surface area contributed by atoms with Crippen LogP contribution in [0.1, 0.15) is 32.6 Å². The summed E-state index contributed by atoms with van der Waals surface area (Å²) < 4.78 is 28.6. The van der Waals surface area contributed by atoms with Crippen LogP contribution in [0.15, 0.2) is 11.5 Å². The quantitative estimate of drug-likeness (QED) is 0.835. The van der Waals surface area contributed by atoms with Gasteiger partial charge in [-0.25, -0.2) is 8.42 Å². The average molecular weight is 271 g/mol. The first-order valence-corrected chi connectivity index (χ1v) is 8.56. The number of sulfone groups is 1. The van der Waals surface area contributed by atoms with Crippen LogP contribution in [-0.2, 0) is 14.6 Å². The molecule has 3 atom stereocenters. The molecule has 1 spiro atoms. The van der Waals surface area contributed by atoms with E-state index in [1.807, 2.05) is 6.92 Å². The molecule has 1 aliphatic heterocycles. The molecule has 0 saturated heterocycles. The van der Waals surface area contributed by atoms with Crippen molar-refractivity contribution in [1.82, 2.24) is 5.32 Å². The highest BCUT2D eigenvalue weighted by Gasteiger charge is 2.59. The lowest BCUT2D eigenvalue weighted by Gasteiger charge is -2.61. The largest absolute Gasteiger partial charge is 0.378 e. The molecule has 3 rings (SSSR count). The second-order valence-corrected chi connectivity index (χ2v) is 7.68. The van der Waals surface area contributed by atoms with Crippen LogP contribution in [0.4, 0.5) is 0 Å². The third kappa shape index (κ3) is 1.92. The third-order valence-corrected chi connectivity index (χ3v) is 6.18. The number of ether oxygens (including phenoxy) is 1. The molecule has 4 nitrogen and oxygen atoms in total. The maximum atomic E-state index is 11.4. The molecule has 3 unspecified atom stereocenters. The molecule has 18 heavy (non-hydrogen) atoms. The summed E-state index contributed by atoms with van der Waals surface area (Å²) in [5.41, 5.74) is 0.302. The van der Waals surface area contributed by atoms with Crippen LogP contribution in [-0.4, -0.2) is 39.0 Å². The third-order valence-electron chi connectivity index (χ3n) is 4.78. The van der Waals surface area contributed by atoms with E-state index in [1.165, 1.54) is 24.7 Å². The van der Waals surface area contributed by atoms with E-state index in [-0.39, 0.29) is 11.8 Å². The van der Waals surface area contributed by atoms with Crippen molar-refractivity contribution in [3.05, 3.63) is 11.5 Å². The Labute approximate surface area is 109 Å². The Bertz CT molecular complexity index is 453. The van der Waals surface area contributed by atoms with Gasteiger partial charge in [0.15, 0.2) is 9.84 Å². The topological polar surface area (TPSA) is 55.4 Å². The first kappa shape index (κ1) is 12.6. The van der Waals surface area contributed by atoms with Crippen molar-refractivity contribution >= 4 is 9.84 Å². The van der Waals surface area contributed by atoms with Gasteiger partial charge in [0.2, 0.25) is 0 Å². The van der Waals surface area contributed by atoms with Crippen molar-refractivity contribution in [3.8, 4) is 0 Å². The summed E-state index contributed by atoms with van der Waals surface area (Å²) in [5, 5.41) is 4.85.